The third kappa shape index (κ3) is 20.2. The van der Waals surface area contributed by atoms with Crippen molar-refractivity contribution in [3.63, 3.8) is 0 Å². The van der Waals surface area contributed by atoms with E-state index in [2.05, 4.69) is 19.9 Å². The third-order valence-electron chi connectivity index (χ3n) is 19.4. The molecular formula is C92H84N12O16Zn. The van der Waals surface area contributed by atoms with Crippen LogP contribution in [0.2, 0.25) is 0 Å². The second-order valence-electron chi connectivity index (χ2n) is 27.2. The molecule has 0 spiro atoms. The third-order valence-corrected chi connectivity index (χ3v) is 19.4. The van der Waals surface area contributed by atoms with Crippen LogP contribution in [0, 0.1) is 0 Å². The van der Waals surface area contributed by atoms with Gasteiger partial charge in [0, 0.05) is 90.8 Å². The van der Waals surface area contributed by atoms with Crippen molar-refractivity contribution in [2.75, 3.05) is 159 Å². The normalized spacial score (nSPS) is 11.6. The summed E-state index contributed by atoms with van der Waals surface area (Å²) in [5.41, 5.74) is 6.64. The summed E-state index contributed by atoms with van der Waals surface area (Å²) in [6, 6.07) is 61.7. The van der Waals surface area contributed by atoms with Gasteiger partial charge in [-0.15, -0.1) is 0 Å². The number of ether oxygens (including phenoxy) is 16. The van der Waals surface area contributed by atoms with E-state index >= 15 is 0 Å². The first-order chi connectivity index (χ1) is 59.6. The monoisotopic (exact) mass is 1680 g/mol. The Morgan fingerprint density at radius 2 is 0.438 bits per heavy atom. The maximum absolute atomic E-state index is 6.62. The molecule has 17 rings (SSSR count). The number of hydrogen-bond acceptors (Lipinski definition) is 26. The van der Waals surface area contributed by atoms with Gasteiger partial charge in [0.05, 0.1) is 140 Å². The quantitative estimate of drug-likeness (QED) is 0.0253. The first-order valence-corrected chi connectivity index (χ1v) is 39.8. The van der Waals surface area contributed by atoms with Gasteiger partial charge in [0.15, 0.2) is 0 Å². The Morgan fingerprint density at radius 3 is 0.744 bits per heavy atom. The van der Waals surface area contributed by atoms with Crippen molar-refractivity contribution < 1.29 is 95.3 Å². The Hall–Kier alpha value is -12.5. The number of rotatable bonds is 44. The van der Waals surface area contributed by atoms with Gasteiger partial charge in [-0.25, -0.2) is 9.97 Å². The van der Waals surface area contributed by atoms with Crippen LogP contribution < -0.4 is 47.9 Å². The van der Waals surface area contributed by atoms with E-state index < -0.39 is 0 Å². The maximum Gasteiger partial charge on any atom is 2.00 e. The molecule has 8 aromatic carbocycles. The van der Waals surface area contributed by atoms with Crippen molar-refractivity contribution in [2.45, 2.75) is 0 Å². The van der Waals surface area contributed by atoms with E-state index in [1.165, 1.54) is 0 Å². The molecule has 2 aliphatic heterocycles. The molecule has 0 aliphatic carbocycles. The van der Waals surface area contributed by atoms with E-state index in [4.69, 9.17) is 116 Å². The second-order valence-corrected chi connectivity index (χ2v) is 27.2. The summed E-state index contributed by atoms with van der Waals surface area (Å²) in [4.78, 5) is 60.3. The Bertz CT molecular complexity index is 5830. The molecule has 0 N–H and O–H groups in total. The van der Waals surface area contributed by atoms with Crippen LogP contribution in [0.3, 0.4) is 0 Å². The minimum Gasteiger partial charge on any atom is -0.491 e. The van der Waals surface area contributed by atoms with Crippen molar-refractivity contribution in [3.8, 4) is 91.5 Å². The van der Waals surface area contributed by atoms with Gasteiger partial charge in [-0.05, 0) is 83.6 Å². The maximum atomic E-state index is 6.62. The molecule has 8 bridgehead atoms. The molecule has 0 saturated heterocycles. The van der Waals surface area contributed by atoms with E-state index in [9.17, 15) is 0 Å². The van der Waals surface area contributed by atoms with E-state index in [1.807, 2.05) is 194 Å². The molecule has 0 radical (unpaired) electrons. The van der Waals surface area contributed by atoms with Gasteiger partial charge >= 0.3 is 19.5 Å². The zero-order valence-electron chi connectivity index (χ0n) is 66.4. The van der Waals surface area contributed by atoms with Crippen LogP contribution in [-0.2, 0) is 57.4 Å². The first-order valence-electron chi connectivity index (χ1n) is 39.8. The number of pyridine rings is 4. The number of nitrogens with zero attached hydrogens (tertiary/aromatic N) is 12. The summed E-state index contributed by atoms with van der Waals surface area (Å²) in [7, 11) is 0. The summed E-state index contributed by atoms with van der Waals surface area (Å²) in [5.74, 6) is 5.80. The Kier molecular flexibility index (Phi) is 28.1. The number of hydrogen-bond donors (Lipinski definition) is 0. The zero-order chi connectivity index (χ0) is 80.7. The van der Waals surface area contributed by atoms with Gasteiger partial charge in [0.1, 0.15) is 121 Å². The smallest absolute Gasteiger partial charge is 0.491 e. The summed E-state index contributed by atoms with van der Waals surface area (Å²) < 4.78 is 98.4. The predicted molar refractivity (Wildman–Crippen MR) is 451 cm³/mol. The van der Waals surface area contributed by atoms with Crippen LogP contribution in [0.1, 0.15) is 0 Å². The fraction of sp³-hybridized carbons (Fsp3) is 0.261. The Labute approximate surface area is 707 Å². The minimum absolute atomic E-state index is 0. The minimum atomic E-state index is 0. The number of fused-ring (bicyclic) bond motifs is 24. The van der Waals surface area contributed by atoms with Crippen molar-refractivity contribution in [1.82, 2.24) is 59.8 Å². The van der Waals surface area contributed by atoms with Crippen LogP contribution in [0.4, 0.5) is 0 Å². The van der Waals surface area contributed by atoms with Crippen molar-refractivity contribution >= 4 is 87.7 Å². The van der Waals surface area contributed by atoms with Gasteiger partial charge in [-0.1, -0.05) is 121 Å². The number of benzene rings is 8. The molecule has 29 heteroatoms. The summed E-state index contributed by atoms with van der Waals surface area (Å²) in [5, 5.41) is 6.35. The molecular weight excluding hydrogens is 1590 g/mol. The second kappa shape index (κ2) is 41.4. The molecule has 2 aliphatic rings. The summed E-state index contributed by atoms with van der Waals surface area (Å²) in [6.07, 6.45) is 7.01. The molecule has 7 aromatic heterocycles. The molecule has 121 heavy (non-hydrogen) atoms. The van der Waals surface area contributed by atoms with Gasteiger partial charge in [-0.2, -0.15) is 0 Å². The predicted octanol–water partition coefficient (Wildman–Crippen LogP) is 14.3. The molecule has 0 unspecified atom stereocenters. The van der Waals surface area contributed by atoms with Crippen molar-refractivity contribution in [1.29, 1.82) is 0 Å². The van der Waals surface area contributed by atoms with Crippen LogP contribution in [0.15, 0.2) is 219 Å². The number of para-hydroxylation sites is 4. The molecule has 0 saturated carbocycles. The van der Waals surface area contributed by atoms with Crippen LogP contribution in [0.5, 0.6) is 46.0 Å². The van der Waals surface area contributed by atoms with E-state index in [0.717, 1.165) is 43.6 Å². The molecule has 610 valence electrons. The molecule has 28 nitrogen and oxygen atoms in total. The largest absolute Gasteiger partial charge is 2.00 e. The first kappa shape index (κ1) is 82.2. The standard InChI is InChI=1S/C92H84N12O16.Zn/c1-13-61-17-9-33-93-81(61)73(29-1)117-57-49-109-41-37-105-45-53-113-69-25-5-21-65-77(69)89-97-85(65)102-90-79-67(23-7-27-71(79)115-55-47-107-39-43-111-51-59-119-75-31-3-15-63-19-11-35-95-83(63)75)87(99-90)104-92-80-68(24-8-28-72(80)116-56-48-108-40-44-112-52-60-120-76-32-4-16-64-20-12-36-96-84(64)76)88(100-92)103-91-78-66(86(98-91)101-89)22-6-26-70(78)114-54-46-106-38-42-110-50-58-118-74-30-2-14-62-18-10-34-94-82(62)74;/h1-36H,37-60H2;/q-2;+2. The van der Waals surface area contributed by atoms with E-state index in [0.29, 0.717) is 196 Å². The molecule has 9 heterocycles. The summed E-state index contributed by atoms with van der Waals surface area (Å²) >= 11 is 0. The molecule has 0 amide bonds. The van der Waals surface area contributed by atoms with Crippen LogP contribution in [-0.4, -0.2) is 208 Å². The Morgan fingerprint density at radius 1 is 0.207 bits per heavy atom. The number of aromatic nitrogens is 12. The van der Waals surface area contributed by atoms with Gasteiger partial charge in [-0.3, -0.25) is 19.9 Å². The molecule has 15 aromatic rings. The van der Waals surface area contributed by atoms with Crippen LogP contribution in [0.25, 0.3) is 133 Å². The van der Waals surface area contributed by atoms with Crippen LogP contribution >= 0.6 is 0 Å². The molecule has 0 fully saturated rings. The fourth-order valence-electron chi connectivity index (χ4n) is 13.9. The van der Waals surface area contributed by atoms with E-state index in [-0.39, 0.29) is 118 Å². The molecule has 0 atom stereocenters. The topological polar surface area (TPSA) is 305 Å². The van der Waals surface area contributed by atoms with Crippen molar-refractivity contribution in [2.24, 2.45) is 0 Å². The van der Waals surface area contributed by atoms with Crippen molar-refractivity contribution in [3.05, 3.63) is 219 Å². The fourth-order valence-corrected chi connectivity index (χ4v) is 13.9. The Balaban J connectivity index is 0.0000109. The average molecular weight is 1680 g/mol. The van der Waals surface area contributed by atoms with E-state index in [1.54, 1.807) is 24.8 Å². The summed E-state index contributed by atoms with van der Waals surface area (Å²) in [6.45, 7) is 7.12. The van der Waals surface area contributed by atoms with Gasteiger partial charge in [0.2, 0.25) is 0 Å². The SMILES string of the molecule is [Zn+2].c1cc(OCCOCCOCCOc2cccc3cccnc23)c2c(c1)-c1nc-2nc2[n-]c(nc3nc(nc4[n-]c(n1)c1c(OCCOCCOCCOc5cccc6cccnc56)cccc41)-c1c(OCCOCCOCCOc4cccc5cccnc45)cccc1-3)c1c(OCCOCCOCCOc3cccc4cccnc34)cccc21. The average Bonchev–Trinajstić information content (AvgIpc) is 1.59. The van der Waals surface area contributed by atoms with Gasteiger partial charge < -0.3 is 106 Å². The zero-order valence-corrected chi connectivity index (χ0v) is 69.3. The van der Waals surface area contributed by atoms with Gasteiger partial charge in [0.25, 0.3) is 0 Å².